The summed E-state index contributed by atoms with van der Waals surface area (Å²) in [4.78, 5) is 21.9. The van der Waals surface area contributed by atoms with Crippen molar-refractivity contribution < 1.29 is 4.79 Å². The van der Waals surface area contributed by atoms with Crippen LogP contribution in [0.15, 0.2) is 38.2 Å². The van der Waals surface area contributed by atoms with Gasteiger partial charge in [-0.25, -0.2) is 9.97 Å². The Morgan fingerprint density at radius 3 is 2.57 bits per heavy atom. The number of hydrogen-bond acceptors (Lipinski definition) is 6. The van der Waals surface area contributed by atoms with Crippen molar-refractivity contribution in [1.82, 2.24) is 9.97 Å². The summed E-state index contributed by atoms with van der Waals surface area (Å²) in [5.41, 5.74) is 3.32. The first-order valence-electron chi connectivity index (χ1n) is 6.95. The first-order valence-corrected chi connectivity index (χ1v) is 9.53. The second kappa shape index (κ2) is 6.82. The average molecular weight is 362 g/mol. The summed E-state index contributed by atoms with van der Waals surface area (Å²) in [5.74, 6) is -0.173. The number of thiazole rings is 2. The normalized spacial score (nSPS) is 10.7. The van der Waals surface area contributed by atoms with Gasteiger partial charge in [0, 0.05) is 27.0 Å². The Kier molecular flexibility index (Phi) is 4.79. The number of carbonyl (C=O) groups excluding carboxylic acids is 1. The Bertz CT molecular complexity index is 854. The van der Waals surface area contributed by atoms with Gasteiger partial charge in [-0.3, -0.25) is 4.79 Å². The van der Waals surface area contributed by atoms with Crippen molar-refractivity contribution in [1.29, 1.82) is 0 Å². The highest BCUT2D eigenvalue weighted by Gasteiger charge is 2.11. The minimum atomic E-state index is -0.173. The molecule has 0 aliphatic heterocycles. The first-order chi connectivity index (χ1) is 11.0. The van der Waals surface area contributed by atoms with Crippen LogP contribution in [0.5, 0.6) is 0 Å². The third-order valence-corrected chi connectivity index (χ3v) is 5.92. The standard InChI is InChI=1S/C16H15N3OS3/c1-9-6-12(23-16-17-10(2)7-22-16)4-5-13(9)19-15(20)14-8-21-11(3)18-14/h4-8H,1-3H3,(H,19,20). The van der Waals surface area contributed by atoms with Crippen molar-refractivity contribution >= 4 is 46.0 Å². The van der Waals surface area contributed by atoms with Gasteiger partial charge in [-0.05, 0) is 44.5 Å². The maximum atomic E-state index is 12.2. The van der Waals surface area contributed by atoms with Gasteiger partial charge in [-0.15, -0.1) is 22.7 Å². The van der Waals surface area contributed by atoms with E-state index in [1.165, 1.54) is 11.3 Å². The van der Waals surface area contributed by atoms with E-state index in [1.807, 2.05) is 38.3 Å². The maximum absolute atomic E-state index is 12.2. The highest BCUT2D eigenvalue weighted by Crippen LogP contribution is 2.32. The van der Waals surface area contributed by atoms with E-state index in [0.29, 0.717) is 5.69 Å². The summed E-state index contributed by atoms with van der Waals surface area (Å²) in [7, 11) is 0. The number of aromatic nitrogens is 2. The number of anilines is 1. The lowest BCUT2D eigenvalue weighted by molar-refractivity contribution is 0.102. The minimum absolute atomic E-state index is 0.173. The molecule has 0 saturated heterocycles. The topological polar surface area (TPSA) is 54.9 Å². The molecule has 0 radical (unpaired) electrons. The van der Waals surface area contributed by atoms with E-state index in [4.69, 9.17) is 0 Å². The van der Waals surface area contributed by atoms with Crippen molar-refractivity contribution in [3.63, 3.8) is 0 Å². The zero-order chi connectivity index (χ0) is 16.4. The zero-order valence-electron chi connectivity index (χ0n) is 12.9. The fourth-order valence-electron chi connectivity index (χ4n) is 1.97. The molecular weight excluding hydrogens is 346 g/mol. The van der Waals surface area contributed by atoms with Crippen LogP contribution in [0.2, 0.25) is 0 Å². The van der Waals surface area contributed by atoms with E-state index in [1.54, 1.807) is 28.5 Å². The monoisotopic (exact) mass is 361 g/mol. The Hall–Kier alpha value is -1.70. The number of amides is 1. The number of carbonyl (C=O) groups is 1. The molecule has 118 valence electrons. The molecule has 1 amide bonds. The largest absolute Gasteiger partial charge is 0.320 e. The number of rotatable bonds is 4. The molecule has 3 aromatic rings. The molecule has 0 saturated carbocycles. The fourth-order valence-corrected chi connectivity index (χ4v) is 4.48. The van der Waals surface area contributed by atoms with Crippen molar-refractivity contribution in [2.75, 3.05) is 5.32 Å². The van der Waals surface area contributed by atoms with Gasteiger partial charge in [-0.1, -0.05) is 11.8 Å². The van der Waals surface area contributed by atoms with Crippen molar-refractivity contribution in [2.45, 2.75) is 30.0 Å². The molecule has 2 heterocycles. The van der Waals surface area contributed by atoms with Gasteiger partial charge < -0.3 is 5.32 Å². The number of nitrogens with one attached hydrogen (secondary N) is 1. The molecule has 2 aromatic heterocycles. The number of hydrogen-bond donors (Lipinski definition) is 1. The molecule has 23 heavy (non-hydrogen) atoms. The van der Waals surface area contributed by atoms with Crippen molar-refractivity contribution in [3.05, 3.63) is 50.9 Å². The summed E-state index contributed by atoms with van der Waals surface area (Å²) in [6.07, 6.45) is 0. The van der Waals surface area contributed by atoms with Gasteiger partial charge in [0.15, 0.2) is 4.34 Å². The average Bonchev–Trinajstić information content (AvgIpc) is 3.10. The molecule has 4 nitrogen and oxygen atoms in total. The Balaban J connectivity index is 1.73. The van der Waals surface area contributed by atoms with Gasteiger partial charge in [0.2, 0.25) is 0 Å². The van der Waals surface area contributed by atoms with Gasteiger partial charge >= 0.3 is 0 Å². The summed E-state index contributed by atoms with van der Waals surface area (Å²) in [6.45, 7) is 5.86. The Morgan fingerprint density at radius 1 is 1.13 bits per heavy atom. The lowest BCUT2D eigenvalue weighted by Crippen LogP contribution is -2.13. The van der Waals surface area contributed by atoms with Crippen LogP contribution in [-0.2, 0) is 0 Å². The molecule has 1 aromatic carbocycles. The quantitative estimate of drug-likeness (QED) is 0.716. The SMILES string of the molecule is Cc1csc(Sc2ccc(NC(=O)c3csc(C)n3)c(C)c2)n1. The van der Waals surface area contributed by atoms with Crippen LogP contribution in [0, 0.1) is 20.8 Å². The fraction of sp³-hybridized carbons (Fsp3) is 0.188. The van der Waals surface area contributed by atoms with Crippen LogP contribution < -0.4 is 5.32 Å². The molecule has 7 heteroatoms. The van der Waals surface area contributed by atoms with Gasteiger partial charge in [0.25, 0.3) is 5.91 Å². The number of nitrogens with zero attached hydrogens (tertiary/aromatic N) is 2. The second-order valence-electron chi connectivity index (χ2n) is 5.04. The summed E-state index contributed by atoms with van der Waals surface area (Å²) < 4.78 is 1.02. The maximum Gasteiger partial charge on any atom is 0.275 e. The third kappa shape index (κ3) is 3.99. The molecule has 0 fully saturated rings. The van der Waals surface area contributed by atoms with Crippen LogP contribution in [0.4, 0.5) is 5.69 Å². The summed E-state index contributed by atoms with van der Waals surface area (Å²) >= 11 is 4.75. The van der Waals surface area contributed by atoms with E-state index >= 15 is 0 Å². The number of aryl methyl sites for hydroxylation is 3. The predicted molar refractivity (Wildman–Crippen MR) is 97.0 cm³/mol. The highest BCUT2D eigenvalue weighted by molar-refractivity contribution is 8.01. The van der Waals surface area contributed by atoms with E-state index < -0.39 is 0 Å². The molecule has 3 rings (SSSR count). The van der Waals surface area contributed by atoms with Gasteiger partial charge in [0.1, 0.15) is 5.69 Å². The first kappa shape index (κ1) is 16.2. The van der Waals surface area contributed by atoms with E-state index in [9.17, 15) is 4.79 Å². The van der Waals surface area contributed by atoms with Crippen LogP contribution in [0.25, 0.3) is 0 Å². The minimum Gasteiger partial charge on any atom is -0.320 e. The molecule has 0 aliphatic carbocycles. The van der Waals surface area contributed by atoms with Crippen LogP contribution in [-0.4, -0.2) is 15.9 Å². The second-order valence-corrected chi connectivity index (χ2v) is 8.28. The lowest BCUT2D eigenvalue weighted by Gasteiger charge is -2.08. The summed E-state index contributed by atoms with van der Waals surface area (Å²) in [6, 6.07) is 5.98. The third-order valence-electron chi connectivity index (χ3n) is 3.10. The Morgan fingerprint density at radius 2 is 1.96 bits per heavy atom. The molecule has 0 aliphatic rings. The lowest BCUT2D eigenvalue weighted by atomic mass is 10.2. The zero-order valence-corrected chi connectivity index (χ0v) is 15.4. The van der Waals surface area contributed by atoms with Crippen molar-refractivity contribution in [2.24, 2.45) is 0 Å². The van der Waals surface area contributed by atoms with E-state index in [-0.39, 0.29) is 5.91 Å². The van der Waals surface area contributed by atoms with Gasteiger partial charge in [-0.2, -0.15) is 0 Å². The molecule has 1 N–H and O–H groups in total. The number of benzene rings is 1. The molecule has 0 unspecified atom stereocenters. The highest BCUT2D eigenvalue weighted by atomic mass is 32.2. The molecule has 0 spiro atoms. The van der Waals surface area contributed by atoms with Gasteiger partial charge in [0.05, 0.1) is 5.01 Å². The van der Waals surface area contributed by atoms with Crippen LogP contribution >= 0.6 is 34.4 Å². The van der Waals surface area contributed by atoms with E-state index in [0.717, 1.165) is 31.2 Å². The smallest absolute Gasteiger partial charge is 0.275 e. The van der Waals surface area contributed by atoms with E-state index in [2.05, 4.69) is 21.4 Å². The Labute approximate surface area is 147 Å². The predicted octanol–water partition coefficient (Wildman–Crippen LogP) is 4.93. The molecule has 0 bridgehead atoms. The van der Waals surface area contributed by atoms with Crippen LogP contribution in [0.1, 0.15) is 26.8 Å². The summed E-state index contributed by atoms with van der Waals surface area (Å²) in [5, 5.41) is 7.62. The molecular formula is C16H15N3OS3. The van der Waals surface area contributed by atoms with Crippen LogP contribution in [0.3, 0.4) is 0 Å². The molecule has 0 atom stereocenters. The van der Waals surface area contributed by atoms with Crippen molar-refractivity contribution in [3.8, 4) is 0 Å².